The molecule has 3 N–H and O–H groups in total. The molecule has 0 atom stereocenters. The molecule has 0 spiro atoms. The number of aromatic amines is 1. The van der Waals surface area contributed by atoms with E-state index in [0.29, 0.717) is 11.6 Å². The third kappa shape index (κ3) is 3.69. The molecule has 0 aromatic carbocycles. The maximum atomic E-state index is 11.7. The minimum Gasteiger partial charge on any atom is -0.369 e. The molecule has 2 aromatic heterocycles. The Hall–Kier alpha value is -2.58. The van der Waals surface area contributed by atoms with Crippen LogP contribution in [0.5, 0.6) is 0 Å². The molecular weight excluding hydrogens is 248 g/mol. The number of hydrogen-bond donors (Lipinski definition) is 3. The summed E-state index contributed by atoms with van der Waals surface area (Å²) >= 11 is 0. The van der Waals surface area contributed by atoms with Crippen LogP contribution in [0.3, 0.4) is 0 Å². The summed E-state index contributed by atoms with van der Waals surface area (Å²) in [5, 5.41) is 26.6. The van der Waals surface area contributed by atoms with Crippen molar-refractivity contribution in [3.63, 3.8) is 0 Å². The van der Waals surface area contributed by atoms with Gasteiger partial charge in [-0.1, -0.05) is 12.1 Å². The van der Waals surface area contributed by atoms with Crippen LogP contribution in [-0.4, -0.2) is 43.3 Å². The van der Waals surface area contributed by atoms with Gasteiger partial charge in [0.05, 0.1) is 6.54 Å². The highest BCUT2D eigenvalue weighted by molar-refractivity contribution is 5.92. The molecule has 2 heterocycles. The second-order valence-corrected chi connectivity index (χ2v) is 3.74. The van der Waals surface area contributed by atoms with Gasteiger partial charge in [-0.3, -0.25) is 4.79 Å². The lowest BCUT2D eigenvalue weighted by Gasteiger charge is -2.04. The lowest BCUT2D eigenvalue weighted by atomic mass is 10.3. The number of H-pyrrole nitrogens is 1. The number of carbonyl (C=O) groups excluding carboxylic acids is 1. The molecule has 0 unspecified atom stereocenters. The van der Waals surface area contributed by atoms with E-state index < -0.39 is 0 Å². The predicted octanol–water partition coefficient (Wildman–Crippen LogP) is -0.258. The largest absolute Gasteiger partial charge is 0.369 e. The molecule has 2 aromatic rings. The number of hydrogen-bond acceptors (Lipinski definition) is 7. The number of nitrogens with zero attached hydrogens (tertiary/aromatic N) is 5. The first-order valence-corrected chi connectivity index (χ1v) is 5.87. The molecule has 0 radical (unpaired) electrons. The number of anilines is 1. The smallest absolute Gasteiger partial charge is 0.272 e. The molecule has 0 saturated heterocycles. The van der Waals surface area contributed by atoms with Gasteiger partial charge in [-0.2, -0.15) is 5.21 Å². The van der Waals surface area contributed by atoms with Gasteiger partial charge in [0.2, 0.25) is 0 Å². The van der Waals surface area contributed by atoms with Gasteiger partial charge < -0.3 is 10.6 Å². The maximum absolute atomic E-state index is 11.7. The average Bonchev–Trinajstić information content (AvgIpc) is 2.96. The van der Waals surface area contributed by atoms with Gasteiger partial charge >= 0.3 is 0 Å². The van der Waals surface area contributed by atoms with Crippen molar-refractivity contribution < 1.29 is 4.79 Å². The highest BCUT2D eigenvalue weighted by Gasteiger charge is 2.09. The van der Waals surface area contributed by atoms with Gasteiger partial charge in [0.25, 0.3) is 5.91 Å². The van der Waals surface area contributed by atoms with Crippen LogP contribution >= 0.6 is 0 Å². The quantitative estimate of drug-likeness (QED) is 0.655. The summed E-state index contributed by atoms with van der Waals surface area (Å²) in [7, 11) is 0. The first-order chi connectivity index (χ1) is 9.29. The van der Waals surface area contributed by atoms with Gasteiger partial charge in [-0.25, -0.2) is 0 Å². The minimum absolute atomic E-state index is 0.187. The van der Waals surface area contributed by atoms with E-state index >= 15 is 0 Å². The van der Waals surface area contributed by atoms with E-state index in [9.17, 15) is 4.79 Å². The third-order valence-electron chi connectivity index (χ3n) is 2.25. The van der Waals surface area contributed by atoms with Crippen molar-refractivity contribution >= 4 is 11.7 Å². The molecule has 19 heavy (non-hydrogen) atoms. The fourth-order valence-corrected chi connectivity index (χ4v) is 1.31. The Kier molecular flexibility index (Phi) is 4.32. The van der Waals surface area contributed by atoms with E-state index in [2.05, 4.69) is 48.4 Å². The van der Waals surface area contributed by atoms with E-state index in [1.807, 2.05) is 0 Å². The molecule has 100 valence electrons. The highest BCUT2D eigenvalue weighted by atomic mass is 16.1. The standard InChI is InChI=1S/C10H14N8O/c1-2-5-11-8-4-3-7(13-14-8)10(19)12-6-9-15-17-18-16-9/h3-4H,2,5-6H2,1H3,(H,11,14)(H,12,19)(H,15,16,17,18). The van der Waals surface area contributed by atoms with Crippen LogP contribution in [0.25, 0.3) is 0 Å². The van der Waals surface area contributed by atoms with Crippen LogP contribution < -0.4 is 10.6 Å². The van der Waals surface area contributed by atoms with E-state index in [1.165, 1.54) is 0 Å². The summed E-state index contributed by atoms with van der Waals surface area (Å²) in [6.45, 7) is 3.06. The highest BCUT2D eigenvalue weighted by Crippen LogP contribution is 2.02. The van der Waals surface area contributed by atoms with Gasteiger partial charge in [0, 0.05) is 6.54 Å². The first kappa shape index (κ1) is 12.9. The zero-order chi connectivity index (χ0) is 13.5. The van der Waals surface area contributed by atoms with Crippen molar-refractivity contribution in [2.24, 2.45) is 0 Å². The Labute approximate surface area is 109 Å². The number of aromatic nitrogens is 6. The van der Waals surface area contributed by atoms with Crippen LogP contribution in [0.1, 0.15) is 29.7 Å². The predicted molar refractivity (Wildman–Crippen MR) is 66.2 cm³/mol. The summed E-state index contributed by atoms with van der Waals surface area (Å²) in [6.07, 6.45) is 0.995. The number of nitrogens with one attached hydrogen (secondary N) is 3. The lowest BCUT2D eigenvalue weighted by Crippen LogP contribution is -2.24. The van der Waals surface area contributed by atoms with E-state index in [1.54, 1.807) is 12.1 Å². The van der Waals surface area contributed by atoms with Crippen LogP contribution in [-0.2, 0) is 6.54 Å². The maximum Gasteiger partial charge on any atom is 0.272 e. The minimum atomic E-state index is -0.334. The fraction of sp³-hybridized carbons (Fsp3) is 0.400. The van der Waals surface area contributed by atoms with Gasteiger partial charge in [-0.15, -0.1) is 20.4 Å². The van der Waals surface area contributed by atoms with E-state index in [4.69, 9.17) is 0 Å². The van der Waals surface area contributed by atoms with Gasteiger partial charge in [0.15, 0.2) is 11.5 Å². The van der Waals surface area contributed by atoms with Gasteiger partial charge in [-0.05, 0) is 18.6 Å². The summed E-state index contributed by atoms with van der Waals surface area (Å²) in [5.41, 5.74) is 0.241. The second-order valence-electron chi connectivity index (χ2n) is 3.74. The number of tetrazole rings is 1. The van der Waals surface area contributed by atoms with Crippen molar-refractivity contribution in [1.29, 1.82) is 0 Å². The Morgan fingerprint density at radius 3 is 2.84 bits per heavy atom. The van der Waals surface area contributed by atoms with Crippen LogP contribution in [0.4, 0.5) is 5.82 Å². The van der Waals surface area contributed by atoms with Crippen LogP contribution in [0.2, 0.25) is 0 Å². The number of amides is 1. The lowest BCUT2D eigenvalue weighted by molar-refractivity contribution is 0.0944. The Bertz CT molecular complexity index is 509. The molecule has 0 aliphatic rings. The monoisotopic (exact) mass is 262 g/mol. The molecule has 9 nitrogen and oxygen atoms in total. The number of rotatable bonds is 6. The zero-order valence-corrected chi connectivity index (χ0v) is 10.4. The summed E-state index contributed by atoms with van der Waals surface area (Å²) in [4.78, 5) is 11.7. The molecule has 0 fully saturated rings. The summed E-state index contributed by atoms with van der Waals surface area (Å²) < 4.78 is 0. The van der Waals surface area contributed by atoms with Crippen molar-refractivity contribution in [1.82, 2.24) is 36.1 Å². The van der Waals surface area contributed by atoms with Crippen molar-refractivity contribution in [3.05, 3.63) is 23.7 Å². The van der Waals surface area contributed by atoms with Crippen molar-refractivity contribution in [2.75, 3.05) is 11.9 Å². The fourth-order valence-electron chi connectivity index (χ4n) is 1.31. The molecule has 1 amide bonds. The Morgan fingerprint density at radius 1 is 1.32 bits per heavy atom. The SMILES string of the molecule is CCCNc1ccc(C(=O)NCc2nn[nH]n2)nn1. The summed E-state index contributed by atoms with van der Waals surface area (Å²) in [6, 6.07) is 3.32. The van der Waals surface area contributed by atoms with E-state index in [0.717, 1.165) is 13.0 Å². The average molecular weight is 262 g/mol. The molecule has 0 aliphatic heterocycles. The Morgan fingerprint density at radius 2 is 2.21 bits per heavy atom. The topological polar surface area (TPSA) is 121 Å². The third-order valence-corrected chi connectivity index (χ3v) is 2.25. The zero-order valence-electron chi connectivity index (χ0n) is 10.4. The molecule has 9 heteroatoms. The molecule has 0 saturated carbocycles. The van der Waals surface area contributed by atoms with Gasteiger partial charge in [0.1, 0.15) is 5.82 Å². The molecule has 2 rings (SSSR count). The van der Waals surface area contributed by atoms with E-state index in [-0.39, 0.29) is 18.1 Å². The second kappa shape index (κ2) is 6.38. The van der Waals surface area contributed by atoms with Crippen molar-refractivity contribution in [3.8, 4) is 0 Å². The van der Waals surface area contributed by atoms with Crippen molar-refractivity contribution in [2.45, 2.75) is 19.9 Å². The molecule has 0 aliphatic carbocycles. The molecular formula is C10H14N8O. The summed E-state index contributed by atoms with van der Waals surface area (Å²) in [5.74, 6) is 0.721. The normalized spacial score (nSPS) is 10.2. The van der Waals surface area contributed by atoms with Crippen LogP contribution in [0, 0.1) is 0 Å². The Balaban J connectivity index is 1.88. The number of carbonyl (C=O) groups is 1. The van der Waals surface area contributed by atoms with Crippen LogP contribution in [0.15, 0.2) is 12.1 Å². The first-order valence-electron chi connectivity index (χ1n) is 5.87. The molecule has 0 bridgehead atoms.